The van der Waals surface area contributed by atoms with Gasteiger partial charge >= 0.3 is 22.4 Å². The Bertz CT molecular complexity index is 1440. The number of rotatable bonds is 9. The van der Waals surface area contributed by atoms with E-state index in [1.165, 1.54) is 16.4 Å². The lowest BCUT2D eigenvalue weighted by molar-refractivity contribution is -0.168. The summed E-state index contributed by atoms with van der Waals surface area (Å²) in [5.74, 6) is 0.223. The number of halogens is 3. The van der Waals surface area contributed by atoms with E-state index in [9.17, 15) is 26.4 Å². The second kappa shape index (κ2) is 12.0. The normalized spacial score (nSPS) is 15.4. The molecule has 0 bridgehead atoms. The molecule has 0 N–H and O–H groups in total. The molecular weight excluding hydrogens is 553 g/mol. The van der Waals surface area contributed by atoms with Crippen LogP contribution in [0.15, 0.2) is 52.9 Å². The van der Waals surface area contributed by atoms with Gasteiger partial charge in [-0.25, -0.2) is 4.98 Å². The fraction of sp³-hybridized carbons (Fsp3) is 0.385. The van der Waals surface area contributed by atoms with E-state index in [1.54, 1.807) is 31.2 Å². The van der Waals surface area contributed by atoms with Crippen molar-refractivity contribution in [2.45, 2.75) is 33.2 Å². The first-order valence-corrected chi connectivity index (χ1v) is 13.7. The second-order valence-electron chi connectivity index (χ2n) is 9.29. The van der Waals surface area contributed by atoms with E-state index >= 15 is 0 Å². The standard InChI is InChI=1S/C26H29F3N4O6S/c1-18-24(30-25(38-18)21-7-9-22(10-8-21)26(27,28)29)17-37-23-6-4-5-20(15-23)16-33(39-19(2)34)40(35,36)32-13-11-31(3)12-14-32/h4-10,15H,11-14,16-17H2,1-3H3. The number of carbonyl (C=O) groups excluding carboxylic acids is 1. The van der Waals surface area contributed by atoms with Gasteiger partial charge in [-0.3, -0.25) is 4.79 Å². The molecule has 0 aliphatic carbocycles. The van der Waals surface area contributed by atoms with E-state index in [-0.39, 0.29) is 32.1 Å². The summed E-state index contributed by atoms with van der Waals surface area (Å²) in [7, 11) is -2.18. The van der Waals surface area contributed by atoms with Crippen LogP contribution in [0.4, 0.5) is 13.2 Å². The summed E-state index contributed by atoms with van der Waals surface area (Å²) in [5.41, 5.74) is 0.571. The Morgan fingerprint density at radius 1 is 1.10 bits per heavy atom. The van der Waals surface area contributed by atoms with Crippen molar-refractivity contribution in [2.24, 2.45) is 0 Å². The van der Waals surface area contributed by atoms with E-state index in [0.717, 1.165) is 19.1 Å². The number of aromatic nitrogens is 1. The van der Waals surface area contributed by atoms with Crippen molar-refractivity contribution in [1.82, 2.24) is 18.7 Å². The molecule has 40 heavy (non-hydrogen) atoms. The molecule has 3 aromatic rings. The maximum absolute atomic E-state index is 13.2. The molecule has 1 fully saturated rings. The first kappa shape index (κ1) is 29.5. The average Bonchev–Trinajstić information content (AvgIpc) is 3.27. The number of aryl methyl sites for hydroxylation is 1. The van der Waals surface area contributed by atoms with E-state index in [4.69, 9.17) is 14.0 Å². The molecule has 0 saturated carbocycles. The van der Waals surface area contributed by atoms with Gasteiger partial charge in [-0.15, -0.1) is 0 Å². The van der Waals surface area contributed by atoms with E-state index in [2.05, 4.69) is 4.98 Å². The number of hydrogen-bond acceptors (Lipinski definition) is 8. The van der Waals surface area contributed by atoms with Crippen LogP contribution in [-0.2, 0) is 39.2 Å². The van der Waals surface area contributed by atoms with Crippen molar-refractivity contribution in [3.8, 4) is 17.2 Å². The lowest BCUT2D eigenvalue weighted by Crippen LogP contribution is -2.52. The highest BCUT2D eigenvalue weighted by Gasteiger charge is 2.34. The predicted octanol–water partition coefficient (Wildman–Crippen LogP) is 4.02. The minimum absolute atomic E-state index is 0.00727. The van der Waals surface area contributed by atoms with Crippen LogP contribution in [0.2, 0.25) is 0 Å². The average molecular weight is 583 g/mol. The molecule has 0 unspecified atom stereocenters. The van der Waals surface area contributed by atoms with Gasteiger partial charge in [-0.2, -0.15) is 25.9 Å². The van der Waals surface area contributed by atoms with Crippen molar-refractivity contribution >= 4 is 16.2 Å². The highest BCUT2D eigenvalue weighted by Crippen LogP contribution is 2.31. The minimum atomic E-state index is -4.44. The maximum Gasteiger partial charge on any atom is 0.416 e. The predicted molar refractivity (Wildman–Crippen MR) is 138 cm³/mol. The second-order valence-corrected chi connectivity index (χ2v) is 11.1. The molecule has 1 saturated heterocycles. The molecule has 0 atom stereocenters. The lowest BCUT2D eigenvalue weighted by atomic mass is 10.1. The van der Waals surface area contributed by atoms with Crippen molar-refractivity contribution in [3.63, 3.8) is 0 Å². The monoisotopic (exact) mass is 582 g/mol. The summed E-state index contributed by atoms with van der Waals surface area (Å²) in [6, 6.07) is 11.1. The zero-order valence-electron chi connectivity index (χ0n) is 22.1. The van der Waals surface area contributed by atoms with Crippen LogP contribution < -0.4 is 4.74 Å². The summed E-state index contributed by atoms with van der Waals surface area (Å²) in [5, 5.41) is 0. The van der Waals surface area contributed by atoms with Crippen LogP contribution in [0.5, 0.6) is 5.75 Å². The van der Waals surface area contributed by atoms with Gasteiger partial charge in [0, 0.05) is 38.7 Å². The number of nitrogens with zero attached hydrogens (tertiary/aromatic N) is 4. The van der Waals surface area contributed by atoms with Crippen molar-refractivity contribution in [2.75, 3.05) is 33.2 Å². The van der Waals surface area contributed by atoms with Gasteiger partial charge in [0.25, 0.3) is 0 Å². The Labute approximate surface area is 230 Å². The number of ether oxygens (including phenoxy) is 1. The van der Waals surface area contributed by atoms with E-state index < -0.39 is 27.9 Å². The van der Waals surface area contributed by atoms with Gasteiger partial charge in [-0.05, 0) is 60.4 Å². The number of alkyl halides is 3. The highest BCUT2D eigenvalue weighted by atomic mass is 32.2. The fourth-order valence-corrected chi connectivity index (χ4v) is 5.37. The van der Waals surface area contributed by atoms with Gasteiger partial charge in [-0.1, -0.05) is 12.1 Å². The van der Waals surface area contributed by atoms with Gasteiger partial charge in [0.15, 0.2) is 0 Å². The molecule has 2 heterocycles. The third-order valence-corrected chi connectivity index (χ3v) is 7.95. The van der Waals surface area contributed by atoms with Crippen LogP contribution in [-0.4, -0.2) is 66.3 Å². The van der Waals surface area contributed by atoms with Crippen LogP contribution in [0, 0.1) is 6.92 Å². The maximum atomic E-state index is 13.2. The molecule has 1 aromatic heterocycles. The summed E-state index contributed by atoms with van der Waals surface area (Å²) in [4.78, 5) is 23.1. The zero-order chi connectivity index (χ0) is 29.1. The SMILES string of the molecule is CC(=O)ON(Cc1cccc(OCc2nc(-c3ccc(C(F)(F)F)cc3)oc2C)c1)S(=O)(=O)N1CCN(C)CC1. The van der Waals surface area contributed by atoms with Gasteiger partial charge in [0.05, 0.1) is 12.1 Å². The van der Waals surface area contributed by atoms with Crippen molar-refractivity contribution in [3.05, 3.63) is 71.1 Å². The van der Waals surface area contributed by atoms with Crippen LogP contribution >= 0.6 is 0 Å². The molecule has 1 aliphatic heterocycles. The number of hydroxylamine groups is 1. The topological polar surface area (TPSA) is 105 Å². The molecule has 2 aromatic carbocycles. The number of carbonyl (C=O) groups is 1. The first-order valence-electron chi connectivity index (χ1n) is 12.3. The Hall–Kier alpha value is -3.46. The summed E-state index contributed by atoms with van der Waals surface area (Å²) in [6.45, 7) is 4.20. The smallest absolute Gasteiger partial charge is 0.416 e. The largest absolute Gasteiger partial charge is 0.487 e. The molecule has 14 heteroatoms. The minimum Gasteiger partial charge on any atom is -0.487 e. The molecule has 4 rings (SSSR count). The Morgan fingerprint density at radius 2 is 1.77 bits per heavy atom. The number of likely N-dealkylation sites (N-methyl/N-ethyl adjacent to an activating group) is 1. The zero-order valence-corrected chi connectivity index (χ0v) is 23.0. The van der Waals surface area contributed by atoms with Gasteiger partial charge < -0.3 is 18.9 Å². The molecule has 10 nitrogen and oxygen atoms in total. The Morgan fingerprint density at radius 3 is 2.40 bits per heavy atom. The fourth-order valence-electron chi connectivity index (χ4n) is 3.97. The van der Waals surface area contributed by atoms with E-state index in [0.29, 0.717) is 45.9 Å². The molecule has 0 amide bonds. The third-order valence-electron chi connectivity index (χ3n) is 6.21. The van der Waals surface area contributed by atoms with Crippen LogP contribution in [0.3, 0.4) is 0 Å². The van der Waals surface area contributed by atoms with Crippen LogP contribution in [0.25, 0.3) is 11.5 Å². The molecule has 0 spiro atoms. The summed E-state index contributed by atoms with van der Waals surface area (Å²) in [6.07, 6.45) is -4.44. The number of piperazine rings is 1. The summed E-state index contributed by atoms with van der Waals surface area (Å²) < 4.78 is 78.4. The highest BCUT2D eigenvalue weighted by molar-refractivity contribution is 7.86. The van der Waals surface area contributed by atoms with Gasteiger partial charge in [0.1, 0.15) is 23.8 Å². The number of oxazole rings is 1. The van der Waals surface area contributed by atoms with E-state index in [1.807, 2.05) is 11.9 Å². The van der Waals surface area contributed by atoms with Crippen molar-refractivity contribution < 1.29 is 40.4 Å². The molecule has 216 valence electrons. The molecule has 1 aliphatic rings. The third kappa shape index (κ3) is 7.18. The lowest BCUT2D eigenvalue weighted by Gasteiger charge is -2.34. The number of benzene rings is 2. The van der Waals surface area contributed by atoms with Gasteiger partial charge in [0.2, 0.25) is 5.89 Å². The van der Waals surface area contributed by atoms with Crippen molar-refractivity contribution in [1.29, 1.82) is 0 Å². The van der Waals surface area contributed by atoms with Crippen LogP contribution in [0.1, 0.15) is 29.5 Å². The molecule has 0 radical (unpaired) electrons. The Kier molecular flexibility index (Phi) is 8.83. The Balaban J connectivity index is 1.44. The summed E-state index contributed by atoms with van der Waals surface area (Å²) >= 11 is 0. The first-order chi connectivity index (χ1) is 18.8. The molecular formula is C26H29F3N4O6S. The quantitative estimate of drug-likeness (QED) is 0.349. The number of hydrogen-bond donors (Lipinski definition) is 0.